The summed E-state index contributed by atoms with van der Waals surface area (Å²) in [5.74, 6) is 0.441. The number of nitrogens with one attached hydrogen (secondary N) is 3. The monoisotopic (exact) mass is 463 g/mol. The maximum absolute atomic E-state index is 13.2. The van der Waals surface area contributed by atoms with Gasteiger partial charge in [-0.3, -0.25) is 9.89 Å². The van der Waals surface area contributed by atoms with E-state index < -0.39 is 21.9 Å². The van der Waals surface area contributed by atoms with Crippen molar-refractivity contribution in [2.45, 2.75) is 17.6 Å². The van der Waals surface area contributed by atoms with Gasteiger partial charge < -0.3 is 5.32 Å². The molecule has 8 nitrogen and oxygen atoms in total. The molecule has 0 spiro atoms. The first-order valence-corrected chi connectivity index (χ1v) is 12.3. The van der Waals surface area contributed by atoms with Crippen LogP contribution >= 0.6 is 11.8 Å². The highest BCUT2D eigenvalue weighted by Gasteiger charge is 2.20. The predicted octanol–water partition coefficient (Wildman–Crippen LogP) is 2.50. The van der Waals surface area contributed by atoms with Gasteiger partial charge in [0.05, 0.1) is 12.3 Å². The van der Waals surface area contributed by atoms with Crippen LogP contribution in [0.1, 0.15) is 18.0 Å². The summed E-state index contributed by atoms with van der Waals surface area (Å²) in [7, 11) is -3.56. The summed E-state index contributed by atoms with van der Waals surface area (Å²) in [5.41, 5.74) is 1.44. The molecular weight excluding hydrogens is 441 g/mol. The number of aromatic nitrogens is 3. The standard InChI is InChI=1S/C20H22FN5O3S2/c1-31(28,29)26-17(14-7-9-16(21)10-8-14)13-18(27)22-11-12-30-20-23-19(24-25-20)15-5-3-2-4-6-15/h2-10,17,26H,11-13H2,1H3,(H,22,27)(H,23,24,25)/t17-/m1/s1. The SMILES string of the molecule is CS(=O)(=O)N[C@H](CC(=O)NCCSc1n[nH]c(-c2ccccc2)n1)c1ccc(F)cc1. The zero-order valence-corrected chi connectivity index (χ0v) is 18.3. The minimum atomic E-state index is -3.56. The van der Waals surface area contributed by atoms with Crippen molar-refractivity contribution in [3.63, 3.8) is 0 Å². The number of halogens is 1. The van der Waals surface area contributed by atoms with Gasteiger partial charge in [-0.15, -0.1) is 5.10 Å². The van der Waals surface area contributed by atoms with Crippen LogP contribution in [0.25, 0.3) is 11.4 Å². The molecule has 164 valence electrons. The molecule has 0 aliphatic heterocycles. The second-order valence-corrected chi connectivity index (χ2v) is 9.57. The van der Waals surface area contributed by atoms with E-state index in [9.17, 15) is 17.6 Å². The number of benzene rings is 2. The van der Waals surface area contributed by atoms with E-state index in [0.29, 0.717) is 28.8 Å². The Morgan fingerprint density at radius 1 is 1.16 bits per heavy atom. The molecule has 1 aromatic heterocycles. The molecule has 0 unspecified atom stereocenters. The van der Waals surface area contributed by atoms with Gasteiger partial charge in [0, 0.05) is 24.3 Å². The van der Waals surface area contributed by atoms with Crippen molar-refractivity contribution in [2.24, 2.45) is 0 Å². The molecule has 0 fully saturated rings. The second-order valence-electron chi connectivity index (χ2n) is 6.73. The summed E-state index contributed by atoms with van der Waals surface area (Å²) in [4.78, 5) is 16.7. The average Bonchev–Trinajstić information content (AvgIpc) is 3.20. The number of nitrogens with zero attached hydrogens (tertiary/aromatic N) is 2. The average molecular weight is 464 g/mol. The van der Waals surface area contributed by atoms with Crippen LogP contribution in [-0.2, 0) is 14.8 Å². The Kier molecular flexibility index (Phi) is 7.77. The number of hydrogen-bond acceptors (Lipinski definition) is 6. The summed E-state index contributed by atoms with van der Waals surface area (Å²) in [6.45, 7) is 0.355. The van der Waals surface area contributed by atoms with Crippen LogP contribution in [0.5, 0.6) is 0 Å². The molecule has 31 heavy (non-hydrogen) atoms. The van der Waals surface area contributed by atoms with E-state index in [1.807, 2.05) is 30.3 Å². The number of thioether (sulfide) groups is 1. The van der Waals surface area contributed by atoms with Crippen molar-refractivity contribution in [2.75, 3.05) is 18.6 Å². The van der Waals surface area contributed by atoms with Crippen molar-refractivity contribution in [3.8, 4) is 11.4 Å². The van der Waals surface area contributed by atoms with Gasteiger partial charge >= 0.3 is 0 Å². The summed E-state index contributed by atoms with van der Waals surface area (Å²) in [5, 5.41) is 10.4. The Morgan fingerprint density at radius 2 is 1.87 bits per heavy atom. The summed E-state index contributed by atoms with van der Waals surface area (Å²) in [6.07, 6.45) is 0.904. The largest absolute Gasteiger partial charge is 0.355 e. The summed E-state index contributed by atoms with van der Waals surface area (Å²) in [6, 6.07) is 14.2. The Balaban J connectivity index is 1.49. The Labute approximate surface area is 184 Å². The van der Waals surface area contributed by atoms with Gasteiger partial charge in [0.2, 0.25) is 21.1 Å². The van der Waals surface area contributed by atoms with E-state index in [1.165, 1.54) is 36.0 Å². The van der Waals surface area contributed by atoms with Gasteiger partial charge in [0.25, 0.3) is 0 Å². The molecule has 0 saturated heterocycles. The quantitative estimate of drug-likeness (QED) is 0.314. The van der Waals surface area contributed by atoms with E-state index in [2.05, 4.69) is 25.2 Å². The molecular formula is C20H22FN5O3S2. The third-order valence-corrected chi connectivity index (χ3v) is 5.75. The summed E-state index contributed by atoms with van der Waals surface area (Å²) < 4.78 is 38.9. The van der Waals surface area contributed by atoms with Crippen LogP contribution in [0.15, 0.2) is 59.8 Å². The lowest BCUT2D eigenvalue weighted by Gasteiger charge is -2.17. The number of H-pyrrole nitrogens is 1. The molecule has 3 rings (SSSR count). The van der Waals surface area contributed by atoms with Crippen LogP contribution in [0.2, 0.25) is 0 Å². The van der Waals surface area contributed by atoms with Crippen LogP contribution in [0.3, 0.4) is 0 Å². The fraction of sp³-hybridized carbons (Fsp3) is 0.250. The molecule has 0 saturated carbocycles. The van der Waals surface area contributed by atoms with Crippen LogP contribution in [0, 0.1) is 5.82 Å². The minimum absolute atomic E-state index is 0.109. The third-order valence-electron chi connectivity index (χ3n) is 4.19. The van der Waals surface area contributed by atoms with Gasteiger partial charge in [-0.2, -0.15) is 0 Å². The first kappa shape index (κ1) is 22.9. The lowest BCUT2D eigenvalue weighted by atomic mass is 10.0. The normalized spacial score (nSPS) is 12.5. The molecule has 0 aliphatic rings. The highest BCUT2D eigenvalue weighted by atomic mass is 32.2. The zero-order chi connectivity index (χ0) is 22.3. The van der Waals surface area contributed by atoms with Crippen LogP contribution < -0.4 is 10.0 Å². The highest BCUT2D eigenvalue weighted by Crippen LogP contribution is 2.20. The molecule has 11 heteroatoms. The second kappa shape index (κ2) is 10.5. The number of amides is 1. The molecule has 3 aromatic rings. The smallest absolute Gasteiger partial charge is 0.221 e. The van der Waals surface area contributed by atoms with E-state index >= 15 is 0 Å². The van der Waals surface area contributed by atoms with Crippen LogP contribution in [-0.4, -0.2) is 48.1 Å². The minimum Gasteiger partial charge on any atom is -0.355 e. The maximum Gasteiger partial charge on any atom is 0.221 e. The van der Waals surface area contributed by atoms with E-state index in [1.54, 1.807) is 0 Å². The topological polar surface area (TPSA) is 117 Å². The molecule has 3 N–H and O–H groups in total. The van der Waals surface area contributed by atoms with Crippen LogP contribution in [0.4, 0.5) is 4.39 Å². The van der Waals surface area contributed by atoms with Crippen molar-refractivity contribution in [1.82, 2.24) is 25.2 Å². The molecule has 0 radical (unpaired) electrons. The lowest BCUT2D eigenvalue weighted by Crippen LogP contribution is -2.34. The number of hydrogen-bond donors (Lipinski definition) is 3. The van der Waals surface area contributed by atoms with Crippen molar-refractivity contribution < 1.29 is 17.6 Å². The molecule has 2 aromatic carbocycles. The van der Waals surface area contributed by atoms with Gasteiger partial charge in [-0.1, -0.05) is 54.2 Å². The first-order valence-electron chi connectivity index (χ1n) is 9.40. The zero-order valence-electron chi connectivity index (χ0n) is 16.7. The molecule has 0 bridgehead atoms. The fourth-order valence-corrected chi connectivity index (χ4v) is 4.20. The lowest BCUT2D eigenvalue weighted by molar-refractivity contribution is -0.121. The molecule has 0 aliphatic carbocycles. The molecule has 1 amide bonds. The number of carbonyl (C=O) groups excluding carboxylic acids is 1. The number of aromatic amines is 1. The van der Waals surface area contributed by atoms with E-state index in [4.69, 9.17) is 0 Å². The van der Waals surface area contributed by atoms with Crippen molar-refractivity contribution in [3.05, 3.63) is 66.0 Å². The third kappa shape index (κ3) is 7.46. The van der Waals surface area contributed by atoms with Gasteiger partial charge in [-0.25, -0.2) is 22.5 Å². The Bertz CT molecular complexity index is 1110. The van der Waals surface area contributed by atoms with Crippen molar-refractivity contribution >= 4 is 27.7 Å². The van der Waals surface area contributed by atoms with Gasteiger partial charge in [0.15, 0.2) is 5.82 Å². The number of rotatable bonds is 10. The molecule has 1 heterocycles. The predicted molar refractivity (Wildman–Crippen MR) is 117 cm³/mol. The van der Waals surface area contributed by atoms with Gasteiger partial charge in [0.1, 0.15) is 5.82 Å². The van der Waals surface area contributed by atoms with Gasteiger partial charge in [-0.05, 0) is 17.7 Å². The van der Waals surface area contributed by atoms with E-state index in [-0.39, 0.29) is 12.3 Å². The Morgan fingerprint density at radius 3 is 2.55 bits per heavy atom. The maximum atomic E-state index is 13.2. The first-order chi connectivity index (χ1) is 14.8. The fourth-order valence-electron chi connectivity index (χ4n) is 2.81. The summed E-state index contributed by atoms with van der Waals surface area (Å²) >= 11 is 1.38. The van der Waals surface area contributed by atoms with E-state index in [0.717, 1.165) is 11.8 Å². The number of carbonyl (C=O) groups is 1. The molecule has 1 atom stereocenters. The van der Waals surface area contributed by atoms with Crippen molar-refractivity contribution in [1.29, 1.82) is 0 Å². The highest BCUT2D eigenvalue weighted by molar-refractivity contribution is 7.99. The number of sulfonamides is 1. The Hall–Kier alpha value is -2.76.